The molecule has 2 amide bonds. The molecule has 0 aliphatic carbocycles. The van der Waals surface area contributed by atoms with Crippen LogP contribution in [0.1, 0.15) is 37.0 Å². The van der Waals surface area contributed by atoms with Crippen molar-refractivity contribution in [1.82, 2.24) is 10.2 Å². The lowest BCUT2D eigenvalue weighted by atomic mass is 10.0. The van der Waals surface area contributed by atoms with Crippen LogP contribution in [0.2, 0.25) is 10.0 Å². The van der Waals surface area contributed by atoms with Crippen LogP contribution in [0.5, 0.6) is 0 Å². The van der Waals surface area contributed by atoms with E-state index in [1.54, 1.807) is 36.4 Å². The van der Waals surface area contributed by atoms with E-state index in [-0.39, 0.29) is 24.9 Å². The molecule has 0 aliphatic heterocycles. The molecule has 0 aliphatic rings. The van der Waals surface area contributed by atoms with E-state index in [2.05, 4.69) is 21.2 Å². The molecule has 0 saturated carbocycles. The number of aryl methyl sites for hydroxylation is 1. The lowest BCUT2D eigenvalue weighted by molar-refractivity contribution is -0.140. The summed E-state index contributed by atoms with van der Waals surface area (Å²) in [6.07, 6.45) is 1.99. The van der Waals surface area contributed by atoms with Gasteiger partial charge in [-0.3, -0.25) is 13.9 Å². The Morgan fingerprint density at radius 1 is 0.976 bits per heavy atom. The second kappa shape index (κ2) is 14.5. The smallest absolute Gasteiger partial charge is 0.244 e. The number of hydrogen-bond acceptors (Lipinski definition) is 4. The molecule has 1 N–H and O–H groups in total. The topological polar surface area (TPSA) is 86.8 Å². The molecule has 0 fully saturated rings. The van der Waals surface area contributed by atoms with Gasteiger partial charge in [0.2, 0.25) is 21.8 Å². The number of rotatable bonds is 12. The third-order valence-electron chi connectivity index (χ3n) is 6.72. The average Bonchev–Trinajstić information content (AvgIpc) is 2.92. The summed E-state index contributed by atoms with van der Waals surface area (Å²) >= 11 is 15.8. The standard InChI is InChI=1S/C30H34BrCl2N3O4S/c1-5-21(3)34-30(38)28(17-22-9-7-6-8-10-22)35(18-23-11-14-26(32)27(33)16-23)29(37)19-36(41(4,39)40)24-12-13-25(31)20(2)15-24/h6-16,21,28H,5,17-19H2,1-4H3,(H,34,38)/t21-,28+/m0/s1. The molecule has 2 atom stereocenters. The van der Waals surface area contributed by atoms with Gasteiger partial charge in [-0.1, -0.05) is 82.5 Å². The summed E-state index contributed by atoms with van der Waals surface area (Å²) in [5, 5.41) is 3.67. The summed E-state index contributed by atoms with van der Waals surface area (Å²) in [4.78, 5) is 29.3. The van der Waals surface area contributed by atoms with E-state index in [0.29, 0.717) is 27.7 Å². The fraction of sp³-hybridized carbons (Fsp3) is 0.333. The zero-order valence-corrected chi connectivity index (χ0v) is 27.3. The van der Waals surface area contributed by atoms with Crippen LogP contribution in [-0.2, 0) is 32.6 Å². The van der Waals surface area contributed by atoms with E-state index in [0.717, 1.165) is 26.2 Å². The maximum atomic E-state index is 14.1. The zero-order valence-electron chi connectivity index (χ0n) is 23.4. The first-order valence-corrected chi connectivity index (χ1v) is 16.5. The van der Waals surface area contributed by atoms with Crippen molar-refractivity contribution >= 4 is 66.7 Å². The minimum Gasteiger partial charge on any atom is -0.352 e. The highest BCUT2D eigenvalue weighted by molar-refractivity contribution is 9.10. The van der Waals surface area contributed by atoms with Gasteiger partial charge in [0, 0.05) is 23.5 Å². The highest BCUT2D eigenvalue weighted by Gasteiger charge is 2.33. The molecule has 0 saturated heterocycles. The van der Waals surface area contributed by atoms with Crippen LogP contribution in [-0.4, -0.2) is 50.0 Å². The van der Waals surface area contributed by atoms with Crippen molar-refractivity contribution < 1.29 is 18.0 Å². The first kappa shape index (κ1) is 32.9. The largest absolute Gasteiger partial charge is 0.352 e. The molecule has 220 valence electrons. The monoisotopic (exact) mass is 681 g/mol. The summed E-state index contributed by atoms with van der Waals surface area (Å²) < 4.78 is 27.7. The van der Waals surface area contributed by atoms with Gasteiger partial charge in [-0.25, -0.2) is 8.42 Å². The number of anilines is 1. The fourth-order valence-electron chi connectivity index (χ4n) is 4.23. The Balaban J connectivity index is 2.09. The third kappa shape index (κ3) is 9.20. The summed E-state index contributed by atoms with van der Waals surface area (Å²) in [5.41, 5.74) is 2.66. The van der Waals surface area contributed by atoms with Gasteiger partial charge in [0.1, 0.15) is 12.6 Å². The Labute approximate surface area is 261 Å². The number of halogens is 3. The van der Waals surface area contributed by atoms with Gasteiger partial charge in [-0.05, 0) is 67.3 Å². The molecule has 7 nitrogen and oxygen atoms in total. The third-order valence-corrected chi connectivity index (χ3v) is 9.49. The summed E-state index contributed by atoms with van der Waals surface area (Å²) in [6.45, 7) is 5.20. The van der Waals surface area contributed by atoms with Crippen molar-refractivity contribution in [3.63, 3.8) is 0 Å². The number of carbonyl (C=O) groups excluding carboxylic acids is 2. The summed E-state index contributed by atoms with van der Waals surface area (Å²) in [6, 6.07) is 18.4. The van der Waals surface area contributed by atoms with E-state index < -0.39 is 28.5 Å². The Morgan fingerprint density at radius 3 is 2.24 bits per heavy atom. The molecule has 3 aromatic rings. The Kier molecular flexibility index (Phi) is 11.7. The molecule has 3 aromatic carbocycles. The first-order valence-electron chi connectivity index (χ1n) is 13.1. The van der Waals surface area contributed by atoms with Crippen molar-refractivity contribution in [2.24, 2.45) is 0 Å². The van der Waals surface area contributed by atoms with Crippen molar-refractivity contribution in [2.45, 2.75) is 52.2 Å². The SMILES string of the molecule is CC[C@H](C)NC(=O)[C@@H](Cc1ccccc1)N(Cc1ccc(Cl)c(Cl)c1)C(=O)CN(c1ccc(Br)c(C)c1)S(C)(=O)=O. The van der Waals surface area contributed by atoms with Crippen LogP contribution < -0.4 is 9.62 Å². The molecule has 0 heterocycles. The average molecular weight is 683 g/mol. The lowest BCUT2D eigenvalue weighted by Crippen LogP contribution is -2.54. The van der Waals surface area contributed by atoms with Crippen LogP contribution >= 0.6 is 39.1 Å². The van der Waals surface area contributed by atoms with Gasteiger partial charge in [-0.2, -0.15) is 0 Å². The molecule has 0 radical (unpaired) electrons. The number of nitrogens with one attached hydrogen (secondary N) is 1. The maximum Gasteiger partial charge on any atom is 0.244 e. The van der Waals surface area contributed by atoms with Crippen LogP contribution in [0, 0.1) is 6.92 Å². The Hall–Kier alpha value is -2.59. The minimum atomic E-state index is -3.86. The van der Waals surface area contributed by atoms with E-state index in [1.807, 2.05) is 51.1 Å². The zero-order chi connectivity index (χ0) is 30.3. The van der Waals surface area contributed by atoms with Gasteiger partial charge >= 0.3 is 0 Å². The number of hydrogen-bond donors (Lipinski definition) is 1. The molecule has 0 aromatic heterocycles. The van der Waals surface area contributed by atoms with Crippen LogP contribution in [0.15, 0.2) is 71.2 Å². The number of carbonyl (C=O) groups is 2. The Bertz CT molecular complexity index is 1490. The van der Waals surface area contributed by atoms with Gasteiger partial charge in [0.05, 0.1) is 22.0 Å². The molecule has 0 unspecified atom stereocenters. The van der Waals surface area contributed by atoms with Crippen molar-refractivity contribution in [3.05, 3.63) is 97.9 Å². The van der Waals surface area contributed by atoms with Crippen LogP contribution in [0.4, 0.5) is 5.69 Å². The molecular weight excluding hydrogens is 649 g/mol. The predicted molar refractivity (Wildman–Crippen MR) is 170 cm³/mol. The van der Waals surface area contributed by atoms with E-state index in [9.17, 15) is 18.0 Å². The van der Waals surface area contributed by atoms with Gasteiger partial charge in [0.25, 0.3) is 0 Å². The van der Waals surface area contributed by atoms with Gasteiger partial charge < -0.3 is 10.2 Å². The quantitative estimate of drug-likeness (QED) is 0.240. The predicted octanol–water partition coefficient (Wildman–Crippen LogP) is 6.39. The highest BCUT2D eigenvalue weighted by Crippen LogP contribution is 2.27. The highest BCUT2D eigenvalue weighted by atomic mass is 79.9. The normalized spacial score (nSPS) is 12.9. The molecule has 0 bridgehead atoms. The molecular formula is C30H34BrCl2N3O4S. The van der Waals surface area contributed by atoms with Crippen molar-refractivity contribution in [3.8, 4) is 0 Å². The van der Waals surface area contributed by atoms with Crippen LogP contribution in [0.25, 0.3) is 0 Å². The van der Waals surface area contributed by atoms with Gasteiger partial charge in [-0.15, -0.1) is 0 Å². The second-order valence-electron chi connectivity index (χ2n) is 10.00. The summed E-state index contributed by atoms with van der Waals surface area (Å²) in [5.74, 6) is -0.871. The number of nitrogens with zero attached hydrogens (tertiary/aromatic N) is 2. The summed E-state index contributed by atoms with van der Waals surface area (Å²) in [7, 11) is -3.86. The molecule has 0 spiro atoms. The van der Waals surface area contributed by atoms with Crippen molar-refractivity contribution in [1.29, 1.82) is 0 Å². The van der Waals surface area contributed by atoms with E-state index in [1.165, 1.54) is 4.90 Å². The first-order chi connectivity index (χ1) is 19.3. The number of sulfonamides is 1. The Morgan fingerprint density at radius 2 is 1.66 bits per heavy atom. The molecule has 41 heavy (non-hydrogen) atoms. The number of amides is 2. The van der Waals surface area contributed by atoms with Crippen LogP contribution in [0.3, 0.4) is 0 Å². The lowest BCUT2D eigenvalue weighted by Gasteiger charge is -2.34. The van der Waals surface area contributed by atoms with Crippen molar-refractivity contribution in [2.75, 3.05) is 17.1 Å². The fourth-order valence-corrected chi connectivity index (χ4v) is 5.64. The number of benzene rings is 3. The second-order valence-corrected chi connectivity index (χ2v) is 13.6. The maximum absolute atomic E-state index is 14.1. The van der Waals surface area contributed by atoms with Gasteiger partial charge in [0.15, 0.2) is 0 Å². The molecule has 11 heteroatoms. The minimum absolute atomic E-state index is 0.0120. The van der Waals surface area contributed by atoms with E-state index in [4.69, 9.17) is 23.2 Å². The van der Waals surface area contributed by atoms with E-state index >= 15 is 0 Å². The molecule has 3 rings (SSSR count).